The summed E-state index contributed by atoms with van der Waals surface area (Å²) in [7, 11) is 0. The molecule has 2 aliphatic rings. The second kappa shape index (κ2) is 6.89. The number of hydrogen-bond acceptors (Lipinski definition) is 5. The summed E-state index contributed by atoms with van der Waals surface area (Å²) in [4.78, 5) is 26.3. The first-order chi connectivity index (χ1) is 11.2. The topological polar surface area (TPSA) is 65.1 Å². The second-order valence-corrected chi connectivity index (χ2v) is 5.74. The number of amides is 1. The summed E-state index contributed by atoms with van der Waals surface area (Å²) in [5.74, 6) is 0.983. The van der Waals surface area contributed by atoms with Crippen LogP contribution in [-0.4, -0.2) is 43.3 Å². The molecule has 3 rings (SSSR count). The maximum atomic E-state index is 12.7. The summed E-state index contributed by atoms with van der Waals surface area (Å²) >= 11 is 0. The fourth-order valence-corrected chi connectivity index (χ4v) is 3.01. The van der Waals surface area contributed by atoms with Crippen molar-refractivity contribution in [3.05, 3.63) is 23.8 Å². The van der Waals surface area contributed by atoms with Crippen LogP contribution in [0.15, 0.2) is 18.2 Å². The molecule has 1 aromatic rings. The van der Waals surface area contributed by atoms with Crippen molar-refractivity contribution in [2.45, 2.75) is 26.2 Å². The third kappa shape index (κ3) is 3.41. The van der Waals surface area contributed by atoms with Gasteiger partial charge in [0.05, 0.1) is 12.5 Å². The zero-order valence-electron chi connectivity index (χ0n) is 13.2. The van der Waals surface area contributed by atoms with Crippen LogP contribution in [0.3, 0.4) is 0 Å². The highest BCUT2D eigenvalue weighted by atomic mass is 16.7. The van der Waals surface area contributed by atoms with Gasteiger partial charge in [-0.1, -0.05) is 0 Å². The van der Waals surface area contributed by atoms with Gasteiger partial charge in [0.15, 0.2) is 11.5 Å². The van der Waals surface area contributed by atoms with Crippen molar-refractivity contribution in [3.63, 3.8) is 0 Å². The Morgan fingerprint density at radius 2 is 2.04 bits per heavy atom. The number of hydrogen-bond donors (Lipinski definition) is 0. The number of benzene rings is 1. The van der Waals surface area contributed by atoms with Gasteiger partial charge in [-0.05, 0) is 44.4 Å². The summed E-state index contributed by atoms with van der Waals surface area (Å²) in [6.45, 7) is 3.62. The average molecular weight is 319 g/mol. The summed E-state index contributed by atoms with van der Waals surface area (Å²) in [6.07, 6.45) is 2.22. The van der Waals surface area contributed by atoms with Gasteiger partial charge in [-0.3, -0.25) is 9.59 Å². The largest absolute Gasteiger partial charge is 0.466 e. The Kier molecular flexibility index (Phi) is 4.69. The highest BCUT2D eigenvalue weighted by Crippen LogP contribution is 2.33. The van der Waals surface area contributed by atoms with Crippen LogP contribution in [0.4, 0.5) is 0 Å². The van der Waals surface area contributed by atoms with Crippen LogP contribution in [0.5, 0.6) is 11.5 Å². The Morgan fingerprint density at radius 1 is 1.22 bits per heavy atom. The number of fused-ring (bicyclic) bond motifs is 1. The minimum atomic E-state index is -0.148. The van der Waals surface area contributed by atoms with E-state index in [4.69, 9.17) is 14.2 Å². The third-order valence-electron chi connectivity index (χ3n) is 4.25. The smallest absolute Gasteiger partial charge is 0.308 e. The Labute approximate surface area is 135 Å². The lowest BCUT2D eigenvalue weighted by atomic mass is 10.0. The van der Waals surface area contributed by atoms with Crippen molar-refractivity contribution >= 4 is 11.9 Å². The molecule has 0 radical (unpaired) electrons. The maximum Gasteiger partial charge on any atom is 0.308 e. The van der Waals surface area contributed by atoms with Crippen LogP contribution in [-0.2, 0) is 9.53 Å². The fraction of sp³-hybridized carbons (Fsp3) is 0.529. The summed E-state index contributed by atoms with van der Waals surface area (Å²) in [6, 6.07) is 5.23. The molecule has 0 spiro atoms. The number of carbonyl (C=O) groups excluding carboxylic acids is 2. The summed E-state index contributed by atoms with van der Waals surface area (Å²) in [5, 5.41) is 0. The van der Waals surface area contributed by atoms with Gasteiger partial charge in [-0.2, -0.15) is 0 Å². The van der Waals surface area contributed by atoms with E-state index in [-0.39, 0.29) is 24.6 Å². The molecule has 0 N–H and O–H groups in total. The molecular weight excluding hydrogens is 298 g/mol. The van der Waals surface area contributed by atoms with Crippen molar-refractivity contribution in [2.24, 2.45) is 5.92 Å². The highest BCUT2D eigenvalue weighted by Gasteiger charge is 2.27. The van der Waals surface area contributed by atoms with Gasteiger partial charge in [-0.15, -0.1) is 0 Å². The first-order valence-electron chi connectivity index (χ1n) is 8.04. The van der Waals surface area contributed by atoms with Gasteiger partial charge in [0.25, 0.3) is 5.91 Å². The van der Waals surface area contributed by atoms with E-state index in [9.17, 15) is 9.59 Å². The van der Waals surface area contributed by atoms with Gasteiger partial charge < -0.3 is 19.1 Å². The van der Waals surface area contributed by atoms with E-state index in [1.807, 2.05) is 6.92 Å². The Morgan fingerprint density at radius 3 is 2.87 bits per heavy atom. The van der Waals surface area contributed by atoms with E-state index in [2.05, 4.69) is 0 Å². The Bertz CT molecular complexity index is 601. The number of rotatable bonds is 3. The quantitative estimate of drug-likeness (QED) is 0.799. The molecule has 0 bridgehead atoms. The van der Waals surface area contributed by atoms with E-state index < -0.39 is 0 Å². The summed E-state index contributed by atoms with van der Waals surface area (Å²) < 4.78 is 15.7. The molecule has 2 aliphatic heterocycles. The lowest BCUT2D eigenvalue weighted by Crippen LogP contribution is -2.32. The molecule has 6 nitrogen and oxygen atoms in total. The van der Waals surface area contributed by atoms with E-state index >= 15 is 0 Å². The van der Waals surface area contributed by atoms with Crippen molar-refractivity contribution in [1.82, 2.24) is 4.90 Å². The van der Waals surface area contributed by atoms with Gasteiger partial charge in [0, 0.05) is 18.7 Å². The minimum absolute atomic E-state index is 0.0344. The Balaban J connectivity index is 1.65. The molecule has 1 aromatic carbocycles. The van der Waals surface area contributed by atoms with E-state index in [1.54, 1.807) is 23.1 Å². The zero-order chi connectivity index (χ0) is 16.2. The van der Waals surface area contributed by atoms with Gasteiger partial charge in [0.1, 0.15) is 0 Å². The van der Waals surface area contributed by atoms with Crippen LogP contribution in [0.25, 0.3) is 0 Å². The number of ether oxygens (including phenoxy) is 3. The lowest BCUT2D eigenvalue weighted by molar-refractivity contribution is -0.148. The molecule has 23 heavy (non-hydrogen) atoms. The highest BCUT2D eigenvalue weighted by molar-refractivity contribution is 5.95. The van der Waals surface area contributed by atoms with Crippen LogP contribution in [0.1, 0.15) is 36.5 Å². The molecule has 6 heteroatoms. The lowest BCUT2D eigenvalue weighted by Gasteiger charge is -2.20. The monoisotopic (exact) mass is 319 g/mol. The number of likely N-dealkylation sites (tertiary alicyclic amines) is 1. The van der Waals surface area contributed by atoms with Crippen LogP contribution >= 0.6 is 0 Å². The van der Waals surface area contributed by atoms with Crippen LogP contribution < -0.4 is 9.47 Å². The SMILES string of the molecule is CCOC(=O)C1CCCN(C(=O)c2ccc3c(c2)OCO3)CC1. The standard InChI is InChI=1S/C17H21NO5/c1-2-21-17(20)12-4-3-8-18(9-7-12)16(19)13-5-6-14-15(10-13)23-11-22-14/h5-6,10,12H,2-4,7-9,11H2,1H3. The predicted molar refractivity (Wildman–Crippen MR) is 82.4 cm³/mol. The van der Waals surface area contributed by atoms with Crippen LogP contribution in [0.2, 0.25) is 0 Å². The number of esters is 1. The van der Waals surface area contributed by atoms with E-state index in [0.717, 1.165) is 12.8 Å². The summed E-state index contributed by atoms with van der Waals surface area (Å²) in [5.41, 5.74) is 0.587. The molecular formula is C17H21NO5. The van der Waals surface area contributed by atoms with Gasteiger partial charge >= 0.3 is 5.97 Å². The zero-order valence-corrected chi connectivity index (χ0v) is 13.2. The van der Waals surface area contributed by atoms with Crippen LogP contribution in [0, 0.1) is 5.92 Å². The van der Waals surface area contributed by atoms with Gasteiger partial charge in [0.2, 0.25) is 6.79 Å². The first kappa shape index (κ1) is 15.6. The molecule has 1 saturated heterocycles. The van der Waals surface area contributed by atoms with Crippen molar-refractivity contribution in [1.29, 1.82) is 0 Å². The van der Waals surface area contributed by atoms with Crippen molar-refractivity contribution < 1.29 is 23.8 Å². The molecule has 1 amide bonds. The molecule has 2 heterocycles. The first-order valence-corrected chi connectivity index (χ1v) is 8.04. The molecule has 0 saturated carbocycles. The Hall–Kier alpha value is -2.24. The molecule has 1 atom stereocenters. The second-order valence-electron chi connectivity index (χ2n) is 5.74. The normalized spacial score (nSPS) is 20.0. The fourth-order valence-electron chi connectivity index (χ4n) is 3.01. The van der Waals surface area contributed by atoms with E-state index in [1.165, 1.54) is 0 Å². The number of carbonyl (C=O) groups is 2. The number of nitrogens with zero attached hydrogens (tertiary/aromatic N) is 1. The molecule has 0 aromatic heterocycles. The molecule has 1 fully saturated rings. The maximum absolute atomic E-state index is 12.7. The molecule has 124 valence electrons. The molecule has 0 aliphatic carbocycles. The average Bonchev–Trinajstić information content (AvgIpc) is 2.88. The molecule has 1 unspecified atom stereocenters. The van der Waals surface area contributed by atoms with Crippen molar-refractivity contribution in [3.8, 4) is 11.5 Å². The van der Waals surface area contributed by atoms with Crippen molar-refractivity contribution in [2.75, 3.05) is 26.5 Å². The predicted octanol–water partition coefficient (Wildman–Crippen LogP) is 2.22. The van der Waals surface area contributed by atoms with Gasteiger partial charge in [-0.25, -0.2) is 0 Å². The van der Waals surface area contributed by atoms with E-state index in [0.29, 0.717) is 43.2 Å². The third-order valence-corrected chi connectivity index (χ3v) is 4.25. The minimum Gasteiger partial charge on any atom is -0.466 e.